The molecule has 1 aromatic carbocycles. The number of hydrogen-bond donors (Lipinski definition) is 0. The van der Waals surface area contributed by atoms with Gasteiger partial charge >= 0.3 is 5.69 Å². The summed E-state index contributed by atoms with van der Waals surface area (Å²) in [5.41, 5.74) is 0.516. The summed E-state index contributed by atoms with van der Waals surface area (Å²) in [7, 11) is 0. The van der Waals surface area contributed by atoms with Crippen LogP contribution in [0.2, 0.25) is 0 Å². The third-order valence-electron chi connectivity index (χ3n) is 8.34. The fourth-order valence-corrected chi connectivity index (χ4v) is 7.21. The van der Waals surface area contributed by atoms with Crippen molar-refractivity contribution in [3.63, 3.8) is 0 Å². The number of piperazine rings is 1. The Labute approximate surface area is 191 Å². The topological polar surface area (TPSA) is 84.5 Å². The zero-order valence-electron chi connectivity index (χ0n) is 18.5. The van der Waals surface area contributed by atoms with Gasteiger partial charge in [-0.2, -0.15) is 5.10 Å². The van der Waals surface area contributed by atoms with E-state index in [1.807, 2.05) is 0 Å². The molecule has 5 aliphatic rings. The molecule has 4 saturated carbocycles. The van der Waals surface area contributed by atoms with E-state index >= 15 is 0 Å². The second kappa shape index (κ2) is 7.53. The minimum absolute atomic E-state index is 0.0361. The van der Waals surface area contributed by atoms with Gasteiger partial charge in [0.1, 0.15) is 12.0 Å². The van der Waals surface area contributed by atoms with Crippen LogP contribution >= 0.6 is 0 Å². The van der Waals surface area contributed by atoms with E-state index in [2.05, 4.69) is 10.00 Å². The van der Waals surface area contributed by atoms with E-state index in [0.29, 0.717) is 43.9 Å². The highest BCUT2D eigenvalue weighted by molar-refractivity contribution is 5.96. The molecule has 7 rings (SSSR count). The van der Waals surface area contributed by atoms with E-state index in [9.17, 15) is 19.3 Å². The van der Waals surface area contributed by atoms with E-state index < -0.39 is 4.92 Å². The summed E-state index contributed by atoms with van der Waals surface area (Å²) in [6.45, 7) is 2.05. The van der Waals surface area contributed by atoms with Gasteiger partial charge in [0, 0.05) is 31.9 Å². The highest BCUT2D eigenvalue weighted by atomic mass is 19.1. The minimum Gasteiger partial charge on any atom is -0.368 e. The molecule has 33 heavy (non-hydrogen) atoms. The average molecular weight is 454 g/mol. The second-order valence-electron chi connectivity index (χ2n) is 10.5. The first-order valence-corrected chi connectivity index (χ1v) is 11.9. The minimum atomic E-state index is -0.466. The average Bonchev–Trinajstić information content (AvgIpc) is 3.25. The lowest BCUT2D eigenvalue weighted by Gasteiger charge is -2.56. The maximum Gasteiger partial charge on any atom is 0.320 e. The van der Waals surface area contributed by atoms with E-state index in [1.165, 1.54) is 37.6 Å². The summed E-state index contributed by atoms with van der Waals surface area (Å²) in [5.74, 6) is 1.38. The summed E-state index contributed by atoms with van der Waals surface area (Å²) < 4.78 is 15.0. The van der Waals surface area contributed by atoms with Gasteiger partial charge in [-0.05, 0) is 80.5 Å². The van der Waals surface area contributed by atoms with Crippen LogP contribution in [0.4, 0.5) is 15.8 Å². The fraction of sp³-hybridized carbons (Fsp3) is 0.583. The molecule has 0 radical (unpaired) electrons. The van der Waals surface area contributed by atoms with E-state index in [-0.39, 0.29) is 28.6 Å². The fourth-order valence-electron chi connectivity index (χ4n) is 7.21. The van der Waals surface area contributed by atoms with Gasteiger partial charge in [-0.1, -0.05) is 0 Å². The molecule has 174 valence electrons. The van der Waals surface area contributed by atoms with Crippen LogP contribution in [0.15, 0.2) is 30.5 Å². The number of carbonyl (C=O) groups excluding carboxylic acids is 1. The van der Waals surface area contributed by atoms with E-state index in [4.69, 9.17) is 0 Å². The molecule has 2 heterocycles. The summed E-state index contributed by atoms with van der Waals surface area (Å²) >= 11 is 0. The lowest BCUT2D eigenvalue weighted by molar-refractivity contribution is -0.385. The predicted molar refractivity (Wildman–Crippen MR) is 120 cm³/mol. The van der Waals surface area contributed by atoms with Gasteiger partial charge in [0.15, 0.2) is 0 Å². The molecule has 4 bridgehead atoms. The summed E-state index contributed by atoms with van der Waals surface area (Å²) in [6.07, 6.45) is 8.38. The Morgan fingerprint density at radius 2 is 1.58 bits per heavy atom. The molecule has 0 N–H and O–H groups in total. The van der Waals surface area contributed by atoms with Crippen molar-refractivity contribution in [2.24, 2.45) is 17.8 Å². The number of rotatable bonds is 4. The summed E-state index contributed by atoms with van der Waals surface area (Å²) in [4.78, 5) is 28.5. The van der Waals surface area contributed by atoms with Crippen LogP contribution in [0, 0.1) is 33.7 Å². The molecule has 1 aromatic heterocycles. The molecule has 2 aromatic rings. The van der Waals surface area contributed by atoms with Gasteiger partial charge in [-0.15, -0.1) is 0 Å². The first kappa shape index (κ1) is 20.6. The number of halogens is 1. The lowest BCUT2D eigenvalue weighted by Crippen LogP contribution is -2.52. The van der Waals surface area contributed by atoms with E-state index in [0.717, 1.165) is 24.9 Å². The molecule has 9 heteroatoms. The highest BCUT2D eigenvalue weighted by Gasteiger charge is 2.53. The molecule has 1 aliphatic heterocycles. The van der Waals surface area contributed by atoms with Crippen LogP contribution in [-0.2, 0) is 5.54 Å². The normalized spacial score (nSPS) is 30.6. The van der Waals surface area contributed by atoms with Crippen LogP contribution in [0.3, 0.4) is 0 Å². The maximum absolute atomic E-state index is 13.3. The van der Waals surface area contributed by atoms with Crippen LogP contribution in [0.25, 0.3) is 0 Å². The first-order valence-electron chi connectivity index (χ1n) is 11.9. The summed E-state index contributed by atoms with van der Waals surface area (Å²) in [5, 5.41) is 16.5. The number of hydrogen-bond acceptors (Lipinski definition) is 5. The highest BCUT2D eigenvalue weighted by Crippen LogP contribution is 2.58. The molecular formula is C24H28FN5O3. The molecule has 5 fully saturated rings. The Kier molecular flexibility index (Phi) is 4.71. The number of nitrogens with zero attached hydrogens (tertiary/aromatic N) is 5. The molecule has 0 unspecified atom stereocenters. The third kappa shape index (κ3) is 3.48. The standard InChI is InChI=1S/C24H28FN5O3/c25-19-1-3-20(4-2-19)27-5-7-28(8-6-27)23(31)22-21(30(32)33)15-29(26-22)24-12-16-9-17(13-24)11-18(10-16)14-24/h1-4,15-18H,5-14H2. The van der Waals surface area contributed by atoms with Crippen LogP contribution in [-0.4, -0.2) is 51.7 Å². The Morgan fingerprint density at radius 1 is 1.00 bits per heavy atom. The Morgan fingerprint density at radius 3 is 2.12 bits per heavy atom. The smallest absolute Gasteiger partial charge is 0.320 e. The molecule has 0 atom stereocenters. The largest absolute Gasteiger partial charge is 0.368 e. The lowest BCUT2D eigenvalue weighted by atomic mass is 9.53. The van der Waals surface area contributed by atoms with Crippen molar-refractivity contribution in [3.8, 4) is 0 Å². The van der Waals surface area contributed by atoms with Gasteiger partial charge in [-0.25, -0.2) is 4.39 Å². The Hall–Kier alpha value is -2.97. The van der Waals surface area contributed by atoms with Gasteiger partial charge in [-0.3, -0.25) is 19.6 Å². The van der Waals surface area contributed by atoms with Crippen LogP contribution in [0.1, 0.15) is 49.0 Å². The van der Waals surface area contributed by atoms with Crippen molar-refractivity contribution in [3.05, 3.63) is 52.1 Å². The Balaban J connectivity index is 1.22. The molecule has 8 nitrogen and oxygen atoms in total. The van der Waals surface area contributed by atoms with Crippen molar-refractivity contribution in [1.29, 1.82) is 0 Å². The molecule has 1 amide bonds. The van der Waals surface area contributed by atoms with Gasteiger partial charge < -0.3 is 9.80 Å². The molecular weight excluding hydrogens is 425 g/mol. The predicted octanol–water partition coefficient (Wildman–Crippen LogP) is 3.82. The second-order valence-corrected chi connectivity index (χ2v) is 10.5. The van der Waals surface area contributed by atoms with E-state index in [1.54, 1.807) is 21.7 Å². The monoisotopic (exact) mass is 453 g/mol. The van der Waals surface area contributed by atoms with Crippen LogP contribution in [0.5, 0.6) is 0 Å². The zero-order chi connectivity index (χ0) is 22.7. The molecule has 0 spiro atoms. The number of nitro groups is 1. The van der Waals surface area contributed by atoms with Crippen LogP contribution < -0.4 is 4.90 Å². The number of anilines is 1. The van der Waals surface area contributed by atoms with Crippen molar-refractivity contribution in [2.75, 3.05) is 31.1 Å². The van der Waals surface area contributed by atoms with Crippen molar-refractivity contribution >= 4 is 17.3 Å². The number of carbonyl (C=O) groups is 1. The van der Waals surface area contributed by atoms with Crippen molar-refractivity contribution in [1.82, 2.24) is 14.7 Å². The number of amides is 1. The van der Waals surface area contributed by atoms with Gasteiger partial charge in [0.05, 0.1) is 10.5 Å². The van der Waals surface area contributed by atoms with Gasteiger partial charge in [0.2, 0.25) is 5.69 Å². The first-order chi connectivity index (χ1) is 15.9. The SMILES string of the molecule is O=C(c1nn(C23CC4CC(CC(C4)C2)C3)cc1[N+](=O)[O-])N1CCN(c2ccc(F)cc2)CC1. The molecule has 4 aliphatic carbocycles. The maximum atomic E-state index is 13.3. The molecule has 1 saturated heterocycles. The summed E-state index contributed by atoms with van der Waals surface area (Å²) in [6, 6.07) is 6.30. The zero-order valence-corrected chi connectivity index (χ0v) is 18.5. The Bertz CT molecular complexity index is 1050. The number of benzene rings is 1. The third-order valence-corrected chi connectivity index (χ3v) is 8.34. The number of aromatic nitrogens is 2. The van der Waals surface area contributed by atoms with Crippen molar-refractivity contribution in [2.45, 2.75) is 44.1 Å². The van der Waals surface area contributed by atoms with Gasteiger partial charge in [0.25, 0.3) is 5.91 Å². The quantitative estimate of drug-likeness (QED) is 0.519. The van der Waals surface area contributed by atoms with Crippen molar-refractivity contribution < 1.29 is 14.1 Å².